The van der Waals surface area contributed by atoms with E-state index in [1.807, 2.05) is 6.07 Å². The maximum absolute atomic E-state index is 12.1. The van der Waals surface area contributed by atoms with E-state index in [-0.39, 0.29) is 18.2 Å². The lowest BCUT2D eigenvalue weighted by atomic mass is 10.1. The van der Waals surface area contributed by atoms with Gasteiger partial charge in [-0.1, -0.05) is 12.8 Å². The molecule has 0 saturated carbocycles. The summed E-state index contributed by atoms with van der Waals surface area (Å²) in [5, 5.41) is 14.1. The van der Waals surface area contributed by atoms with Gasteiger partial charge in [-0.25, -0.2) is 0 Å². The highest BCUT2D eigenvalue weighted by molar-refractivity contribution is 8.00. The molecule has 0 radical (unpaired) electrons. The average molecular weight is 336 g/mol. The van der Waals surface area contributed by atoms with E-state index in [1.165, 1.54) is 11.8 Å². The molecule has 3 N–H and O–H groups in total. The summed E-state index contributed by atoms with van der Waals surface area (Å²) in [6.07, 6.45) is 3.44. The van der Waals surface area contributed by atoms with Gasteiger partial charge in [0.1, 0.15) is 0 Å². The van der Waals surface area contributed by atoms with Gasteiger partial charge in [0.05, 0.1) is 11.4 Å². The van der Waals surface area contributed by atoms with Gasteiger partial charge in [-0.2, -0.15) is 0 Å². The number of hydrogen-bond donors (Lipinski definition) is 3. The summed E-state index contributed by atoms with van der Waals surface area (Å²) in [7, 11) is 0. The fourth-order valence-electron chi connectivity index (χ4n) is 2.28. The van der Waals surface area contributed by atoms with E-state index in [4.69, 9.17) is 5.11 Å². The van der Waals surface area contributed by atoms with Crippen molar-refractivity contribution in [2.24, 2.45) is 0 Å². The minimum absolute atomic E-state index is 0.0542. The van der Waals surface area contributed by atoms with E-state index in [0.717, 1.165) is 24.2 Å². The van der Waals surface area contributed by atoms with Crippen LogP contribution < -0.4 is 10.6 Å². The second-order valence-corrected chi connectivity index (χ2v) is 6.38. The van der Waals surface area contributed by atoms with Gasteiger partial charge in [0.15, 0.2) is 0 Å². The molecular weight excluding hydrogens is 316 g/mol. The fraction of sp³-hybridized carbons (Fsp3) is 0.438. The van der Waals surface area contributed by atoms with Crippen LogP contribution in [0.1, 0.15) is 42.5 Å². The first kappa shape index (κ1) is 17.3. The lowest BCUT2D eigenvalue weighted by Gasteiger charge is -2.16. The minimum atomic E-state index is -0.768. The normalized spacial score (nSPS) is 13.1. The topological polar surface area (TPSA) is 95.5 Å². The van der Waals surface area contributed by atoms with Crippen molar-refractivity contribution < 1.29 is 19.5 Å². The van der Waals surface area contributed by atoms with E-state index >= 15 is 0 Å². The molecule has 0 aliphatic carbocycles. The molecule has 0 saturated heterocycles. The first-order valence-electron chi connectivity index (χ1n) is 7.63. The number of amides is 2. The summed E-state index contributed by atoms with van der Waals surface area (Å²) in [4.78, 5) is 34.8. The lowest BCUT2D eigenvalue weighted by molar-refractivity contribution is -0.137. The molecule has 0 bridgehead atoms. The highest BCUT2D eigenvalue weighted by Crippen LogP contribution is 2.31. The zero-order valence-corrected chi connectivity index (χ0v) is 13.6. The van der Waals surface area contributed by atoms with Crippen LogP contribution in [0.4, 0.5) is 5.69 Å². The molecule has 23 heavy (non-hydrogen) atoms. The fourth-order valence-corrected chi connectivity index (χ4v) is 3.07. The number of carboxylic acid groups (broad SMARTS) is 1. The molecule has 0 fully saturated rings. The molecule has 1 aromatic carbocycles. The third-order valence-corrected chi connectivity index (χ3v) is 4.55. The van der Waals surface area contributed by atoms with Crippen molar-refractivity contribution in [1.29, 1.82) is 0 Å². The number of thioether (sulfide) groups is 1. The third-order valence-electron chi connectivity index (χ3n) is 3.48. The van der Waals surface area contributed by atoms with Crippen molar-refractivity contribution >= 4 is 35.2 Å². The number of rotatable bonds is 8. The summed E-state index contributed by atoms with van der Waals surface area (Å²) < 4.78 is 0. The Morgan fingerprint density at radius 3 is 2.78 bits per heavy atom. The van der Waals surface area contributed by atoms with Gasteiger partial charge in [0, 0.05) is 23.4 Å². The molecule has 0 unspecified atom stereocenters. The number of carbonyl (C=O) groups is 3. The van der Waals surface area contributed by atoms with Gasteiger partial charge in [0.25, 0.3) is 5.91 Å². The van der Waals surface area contributed by atoms with Crippen LogP contribution in [0, 0.1) is 0 Å². The summed E-state index contributed by atoms with van der Waals surface area (Å²) in [5.41, 5.74) is 1.21. The van der Waals surface area contributed by atoms with Crippen LogP contribution in [0.15, 0.2) is 23.1 Å². The monoisotopic (exact) mass is 336 g/mol. The Balaban J connectivity index is 1.73. The standard InChI is InChI=1S/C16H20N2O4S/c19-14-10-23-13-7-6-11(9-12(13)18-14)16(22)17-8-4-2-1-3-5-15(20)21/h6-7,9H,1-5,8,10H2,(H,17,22)(H,18,19)(H,20,21). The molecule has 1 aliphatic rings. The Hall–Kier alpha value is -2.02. The zero-order valence-electron chi connectivity index (χ0n) is 12.8. The number of hydrogen-bond acceptors (Lipinski definition) is 4. The summed E-state index contributed by atoms with van der Waals surface area (Å²) >= 11 is 1.46. The summed E-state index contributed by atoms with van der Waals surface area (Å²) in [5.74, 6) is -0.582. The largest absolute Gasteiger partial charge is 0.481 e. The molecule has 2 rings (SSSR count). The predicted molar refractivity (Wildman–Crippen MR) is 88.8 cm³/mol. The molecular formula is C16H20N2O4S. The number of unbranched alkanes of at least 4 members (excludes halogenated alkanes) is 3. The molecule has 1 aliphatic heterocycles. The Morgan fingerprint density at radius 1 is 1.22 bits per heavy atom. The van der Waals surface area contributed by atoms with E-state index in [2.05, 4.69) is 10.6 Å². The van der Waals surface area contributed by atoms with Crippen molar-refractivity contribution in [2.45, 2.75) is 37.0 Å². The SMILES string of the molecule is O=C(O)CCCCCCNC(=O)c1ccc2c(c1)NC(=O)CS2. The number of aliphatic carboxylic acids is 1. The van der Waals surface area contributed by atoms with Crippen LogP contribution in [0.3, 0.4) is 0 Å². The van der Waals surface area contributed by atoms with Gasteiger partial charge >= 0.3 is 5.97 Å². The van der Waals surface area contributed by atoms with Gasteiger partial charge < -0.3 is 15.7 Å². The highest BCUT2D eigenvalue weighted by atomic mass is 32.2. The third kappa shape index (κ3) is 5.59. The van der Waals surface area contributed by atoms with Crippen LogP contribution in [-0.4, -0.2) is 35.2 Å². The zero-order chi connectivity index (χ0) is 16.7. The molecule has 1 heterocycles. The Morgan fingerprint density at radius 2 is 2.00 bits per heavy atom. The molecule has 7 heteroatoms. The van der Waals surface area contributed by atoms with E-state index < -0.39 is 5.97 Å². The van der Waals surface area contributed by atoms with Crippen molar-refractivity contribution in [2.75, 3.05) is 17.6 Å². The lowest BCUT2D eigenvalue weighted by Crippen LogP contribution is -2.25. The number of benzene rings is 1. The molecule has 6 nitrogen and oxygen atoms in total. The van der Waals surface area contributed by atoms with Crippen LogP contribution in [-0.2, 0) is 9.59 Å². The molecule has 1 aromatic rings. The van der Waals surface area contributed by atoms with E-state index in [1.54, 1.807) is 12.1 Å². The second kappa shape index (κ2) is 8.57. The van der Waals surface area contributed by atoms with E-state index in [0.29, 0.717) is 30.0 Å². The van der Waals surface area contributed by atoms with Crippen LogP contribution >= 0.6 is 11.8 Å². The number of carboxylic acids is 1. The molecule has 0 spiro atoms. The average Bonchev–Trinajstić information content (AvgIpc) is 2.52. The Labute approximate surface area is 139 Å². The predicted octanol–water partition coefficient (Wildman–Crippen LogP) is 2.50. The molecule has 124 valence electrons. The Bertz CT molecular complexity index is 604. The van der Waals surface area contributed by atoms with E-state index in [9.17, 15) is 14.4 Å². The highest BCUT2D eigenvalue weighted by Gasteiger charge is 2.17. The van der Waals surface area contributed by atoms with Crippen LogP contribution in [0.2, 0.25) is 0 Å². The van der Waals surface area contributed by atoms with Crippen molar-refractivity contribution in [1.82, 2.24) is 5.32 Å². The van der Waals surface area contributed by atoms with Gasteiger partial charge in [0.2, 0.25) is 5.91 Å². The molecule has 2 amide bonds. The maximum Gasteiger partial charge on any atom is 0.303 e. The van der Waals surface area contributed by atoms with Gasteiger partial charge in [-0.3, -0.25) is 14.4 Å². The Kier molecular flexibility index (Phi) is 6.46. The summed E-state index contributed by atoms with van der Waals surface area (Å²) in [6.45, 7) is 0.560. The van der Waals surface area contributed by atoms with Crippen LogP contribution in [0.25, 0.3) is 0 Å². The molecule has 0 aromatic heterocycles. The van der Waals surface area contributed by atoms with Gasteiger partial charge in [-0.05, 0) is 31.0 Å². The number of carbonyl (C=O) groups excluding carboxylic acids is 2. The first-order chi connectivity index (χ1) is 11.1. The van der Waals surface area contributed by atoms with Crippen molar-refractivity contribution in [3.8, 4) is 0 Å². The minimum Gasteiger partial charge on any atom is -0.481 e. The number of fused-ring (bicyclic) bond motifs is 1. The molecule has 0 atom stereocenters. The first-order valence-corrected chi connectivity index (χ1v) is 8.61. The quantitative estimate of drug-likeness (QED) is 0.634. The van der Waals surface area contributed by atoms with Crippen LogP contribution in [0.5, 0.6) is 0 Å². The van der Waals surface area contributed by atoms with Gasteiger partial charge in [-0.15, -0.1) is 11.8 Å². The number of anilines is 1. The van der Waals surface area contributed by atoms with Crippen molar-refractivity contribution in [3.05, 3.63) is 23.8 Å². The number of nitrogens with one attached hydrogen (secondary N) is 2. The van der Waals surface area contributed by atoms with Crippen molar-refractivity contribution in [3.63, 3.8) is 0 Å². The smallest absolute Gasteiger partial charge is 0.303 e. The summed E-state index contributed by atoms with van der Waals surface area (Å²) in [6, 6.07) is 5.30. The maximum atomic E-state index is 12.1. The second-order valence-electron chi connectivity index (χ2n) is 5.36.